The van der Waals surface area contributed by atoms with Gasteiger partial charge >= 0.3 is 0 Å². The van der Waals surface area contributed by atoms with E-state index >= 15 is 0 Å². The van der Waals surface area contributed by atoms with Gasteiger partial charge in [-0.05, 0) is 29.0 Å². The van der Waals surface area contributed by atoms with Gasteiger partial charge in [-0.1, -0.05) is 60.8 Å². The van der Waals surface area contributed by atoms with Gasteiger partial charge in [0.05, 0.1) is 13.1 Å². The second-order valence-corrected chi connectivity index (χ2v) is 7.77. The van der Waals surface area contributed by atoms with E-state index in [9.17, 15) is 0 Å². The number of allylic oxidation sites excluding steroid dienone is 1. The average Bonchev–Trinajstić information content (AvgIpc) is 2.52. The predicted molar refractivity (Wildman–Crippen MR) is 103 cm³/mol. The molecule has 3 heteroatoms. The van der Waals surface area contributed by atoms with Gasteiger partial charge in [0.25, 0.3) is 0 Å². The molecule has 2 nitrogen and oxygen atoms in total. The Kier molecular flexibility index (Phi) is 5.94. The summed E-state index contributed by atoms with van der Waals surface area (Å²) >= 11 is 0. The van der Waals surface area contributed by atoms with Crippen molar-refractivity contribution in [3.8, 4) is 11.8 Å². The lowest BCUT2D eigenvalue weighted by atomic mass is 10.0. The molecule has 0 bridgehead atoms. The summed E-state index contributed by atoms with van der Waals surface area (Å²) in [6.45, 7) is 4.41. The molecule has 0 spiro atoms. The van der Waals surface area contributed by atoms with Crippen LogP contribution in [0.25, 0.3) is 6.08 Å². The van der Waals surface area contributed by atoms with Crippen LogP contribution in [0.15, 0.2) is 41.9 Å². The van der Waals surface area contributed by atoms with E-state index in [2.05, 4.69) is 88.2 Å². The van der Waals surface area contributed by atoms with Crippen molar-refractivity contribution in [1.29, 1.82) is 0 Å². The largest absolute Gasteiger partial charge is 0.362 e. The van der Waals surface area contributed by atoms with E-state index in [1.165, 1.54) is 11.1 Å². The molecular formula is C19H24N2S. The minimum Gasteiger partial charge on any atom is -0.362 e. The van der Waals surface area contributed by atoms with E-state index < -0.39 is 9.39 Å². The molecular weight excluding hydrogens is 288 g/mol. The monoisotopic (exact) mass is 312 g/mol. The molecule has 0 radical (unpaired) electrons. The molecule has 22 heavy (non-hydrogen) atoms. The fourth-order valence-electron chi connectivity index (χ4n) is 2.13. The van der Waals surface area contributed by atoms with Crippen molar-refractivity contribution in [2.45, 2.75) is 19.9 Å². The zero-order chi connectivity index (χ0) is 15.8. The summed E-state index contributed by atoms with van der Waals surface area (Å²) in [6.07, 6.45) is 7.38. The van der Waals surface area contributed by atoms with Crippen LogP contribution in [0.2, 0.25) is 0 Å². The Morgan fingerprint density at radius 2 is 2.14 bits per heavy atom. The Hall–Kier alpha value is -1.89. The predicted octanol–water partition coefficient (Wildman–Crippen LogP) is 3.57. The number of fused-ring (bicyclic) bond motifs is 1. The Balaban J connectivity index is 1.80. The van der Waals surface area contributed by atoms with Crippen LogP contribution in [0.3, 0.4) is 0 Å². The third-order valence-corrected chi connectivity index (χ3v) is 4.77. The molecule has 0 saturated heterocycles. The van der Waals surface area contributed by atoms with Crippen LogP contribution < -0.4 is 4.72 Å². The van der Waals surface area contributed by atoms with E-state index in [1.54, 1.807) is 0 Å². The first-order chi connectivity index (χ1) is 10.6. The van der Waals surface area contributed by atoms with Crippen molar-refractivity contribution in [3.63, 3.8) is 0 Å². The Bertz CT molecular complexity index is 715. The molecule has 0 aromatic heterocycles. The molecule has 0 fully saturated rings. The van der Waals surface area contributed by atoms with Crippen LogP contribution >= 0.6 is 9.39 Å². The molecule has 0 unspecified atom stereocenters. The summed E-state index contributed by atoms with van der Waals surface area (Å²) in [5.41, 5.74) is 2.66. The number of nitrogens with zero attached hydrogens (tertiary/aromatic N) is 1. The van der Waals surface area contributed by atoms with Gasteiger partial charge in [-0.2, -0.15) is 0 Å². The Labute approximate surface area is 135 Å². The minimum atomic E-state index is -1.35. The highest BCUT2D eigenvalue weighted by Gasteiger charge is 2.07. The molecule has 1 N–H and O–H groups in total. The third-order valence-electron chi connectivity index (χ3n) is 3.34. The highest BCUT2D eigenvalue weighted by molar-refractivity contribution is 8.28. The molecule has 1 aliphatic heterocycles. The molecule has 1 aromatic carbocycles. The standard InChI is InChI=1S/C19H24N2S/c1-4-5-16-22(2,3)20-13-8-9-14-21-15-12-18-10-6-7-11-19(18)17-21/h5-7,10-12,15-16,20H,2-4,13-14,17H2,1H3/b16-5+. The van der Waals surface area contributed by atoms with Gasteiger partial charge in [0.2, 0.25) is 0 Å². The van der Waals surface area contributed by atoms with E-state index in [0.29, 0.717) is 6.54 Å². The van der Waals surface area contributed by atoms with Gasteiger partial charge in [0, 0.05) is 12.7 Å². The van der Waals surface area contributed by atoms with Crippen LogP contribution in [0.5, 0.6) is 0 Å². The topological polar surface area (TPSA) is 15.3 Å². The van der Waals surface area contributed by atoms with Gasteiger partial charge in [0.15, 0.2) is 0 Å². The smallest absolute Gasteiger partial charge is 0.0793 e. The SMILES string of the molecule is C=S(=C)(/C=C/CC)NCC#CCN1C=Cc2ccccc2C1. The fourth-order valence-corrected chi connectivity index (χ4v) is 3.15. The molecule has 0 aliphatic carbocycles. The van der Waals surface area contributed by atoms with E-state index in [0.717, 1.165) is 19.5 Å². The van der Waals surface area contributed by atoms with Crippen molar-refractivity contribution < 1.29 is 0 Å². The molecule has 1 heterocycles. The molecule has 0 saturated carbocycles. The van der Waals surface area contributed by atoms with E-state index in [-0.39, 0.29) is 0 Å². The lowest BCUT2D eigenvalue weighted by Crippen LogP contribution is -2.20. The van der Waals surface area contributed by atoms with Crippen LogP contribution in [0.4, 0.5) is 0 Å². The minimum absolute atomic E-state index is 0.629. The van der Waals surface area contributed by atoms with Gasteiger partial charge in [-0.25, -0.2) is 0 Å². The summed E-state index contributed by atoms with van der Waals surface area (Å²) in [6, 6.07) is 8.47. The Morgan fingerprint density at radius 3 is 2.95 bits per heavy atom. The molecule has 1 aromatic rings. The summed E-state index contributed by atoms with van der Waals surface area (Å²) in [5, 5.41) is 2.07. The number of hydrogen-bond donors (Lipinski definition) is 1. The lowest BCUT2D eigenvalue weighted by molar-refractivity contribution is 0.412. The van der Waals surface area contributed by atoms with Crippen molar-refractivity contribution >= 4 is 27.2 Å². The number of hydrogen-bond acceptors (Lipinski definition) is 2. The second-order valence-electron chi connectivity index (χ2n) is 5.32. The van der Waals surface area contributed by atoms with E-state index in [1.807, 2.05) is 0 Å². The van der Waals surface area contributed by atoms with Crippen LogP contribution in [-0.2, 0) is 6.54 Å². The first kappa shape index (κ1) is 16.5. The van der Waals surface area contributed by atoms with Crippen molar-refractivity contribution in [2.75, 3.05) is 13.1 Å². The summed E-state index contributed by atoms with van der Waals surface area (Å²) in [7, 11) is -1.35. The summed E-state index contributed by atoms with van der Waals surface area (Å²) < 4.78 is 3.31. The second kappa shape index (κ2) is 7.93. The van der Waals surface area contributed by atoms with Crippen LogP contribution in [0.1, 0.15) is 24.5 Å². The highest BCUT2D eigenvalue weighted by atomic mass is 32.2. The third kappa shape index (κ3) is 5.14. The number of rotatable bonds is 5. The summed E-state index contributed by atoms with van der Waals surface area (Å²) in [4.78, 5) is 2.22. The van der Waals surface area contributed by atoms with Crippen LogP contribution in [-0.4, -0.2) is 29.7 Å². The number of nitrogens with one attached hydrogen (secondary N) is 1. The van der Waals surface area contributed by atoms with Gasteiger partial charge in [-0.3, -0.25) is 4.72 Å². The van der Waals surface area contributed by atoms with Crippen molar-refractivity contribution in [2.24, 2.45) is 0 Å². The number of benzene rings is 1. The zero-order valence-electron chi connectivity index (χ0n) is 13.2. The molecule has 0 atom stereocenters. The molecule has 0 amide bonds. The first-order valence-electron chi connectivity index (χ1n) is 7.47. The van der Waals surface area contributed by atoms with Crippen molar-refractivity contribution in [1.82, 2.24) is 9.62 Å². The van der Waals surface area contributed by atoms with Crippen LogP contribution in [0, 0.1) is 11.8 Å². The van der Waals surface area contributed by atoms with E-state index in [4.69, 9.17) is 0 Å². The lowest BCUT2D eigenvalue weighted by Gasteiger charge is -2.23. The highest BCUT2D eigenvalue weighted by Crippen LogP contribution is 2.18. The normalized spacial score (nSPS) is 13.8. The molecule has 116 valence electrons. The fraction of sp³-hybridized carbons (Fsp3) is 0.263. The molecule has 2 rings (SSSR count). The van der Waals surface area contributed by atoms with Gasteiger partial charge < -0.3 is 4.90 Å². The zero-order valence-corrected chi connectivity index (χ0v) is 14.0. The van der Waals surface area contributed by atoms with Gasteiger partial charge in [-0.15, -0.1) is 9.39 Å². The average molecular weight is 312 g/mol. The first-order valence-corrected chi connectivity index (χ1v) is 9.50. The maximum Gasteiger partial charge on any atom is 0.0793 e. The Morgan fingerprint density at radius 1 is 1.32 bits per heavy atom. The maximum atomic E-state index is 4.10. The maximum absolute atomic E-state index is 4.10. The molecule has 1 aliphatic rings. The van der Waals surface area contributed by atoms with Gasteiger partial charge in [0.1, 0.15) is 0 Å². The summed E-state index contributed by atoms with van der Waals surface area (Å²) in [5.74, 6) is 14.6. The van der Waals surface area contributed by atoms with Crippen molar-refractivity contribution in [3.05, 3.63) is 53.1 Å². The quantitative estimate of drug-likeness (QED) is 0.660.